The molecule has 0 bridgehead atoms. The second kappa shape index (κ2) is 6.04. The molecule has 3 N–H and O–H groups in total. The SMILES string of the molecule is CCc1nc(NN)cc(Sc2cccc(Cl)c2)n1. The number of anilines is 1. The van der Waals surface area contributed by atoms with Gasteiger partial charge in [0.25, 0.3) is 0 Å². The molecule has 0 atom stereocenters. The molecule has 0 unspecified atom stereocenters. The van der Waals surface area contributed by atoms with Gasteiger partial charge in [-0.25, -0.2) is 15.8 Å². The molecule has 0 aliphatic rings. The topological polar surface area (TPSA) is 63.8 Å². The first kappa shape index (κ1) is 13.1. The molecule has 4 nitrogen and oxygen atoms in total. The van der Waals surface area contributed by atoms with Crippen LogP contribution in [0.25, 0.3) is 0 Å². The van der Waals surface area contributed by atoms with Crippen molar-refractivity contribution in [3.05, 3.63) is 41.2 Å². The molecule has 0 saturated carbocycles. The predicted octanol–water partition coefficient (Wildman–Crippen LogP) is 3.13. The molecule has 0 radical (unpaired) electrons. The second-order valence-electron chi connectivity index (χ2n) is 3.56. The first-order valence-corrected chi connectivity index (χ1v) is 6.68. The van der Waals surface area contributed by atoms with Crippen molar-refractivity contribution in [1.82, 2.24) is 9.97 Å². The molecule has 0 saturated heterocycles. The van der Waals surface area contributed by atoms with Gasteiger partial charge in [-0.2, -0.15) is 0 Å². The number of hydrogen-bond donors (Lipinski definition) is 2. The molecule has 1 heterocycles. The number of benzene rings is 1. The van der Waals surface area contributed by atoms with Crippen molar-refractivity contribution in [2.24, 2.45) is 5.84 Å². The summed E-state index contributed by atoms with van der Waals surface area (Å²) in [7, 11) is 0. The van der Waals surface area contributed by atoms with E-state index in [1.54, 1.807) is 0 Å². The lowest BCUT2D eigenvalue weighted by molar-refractivity contribution is 0.888. The second-order valence-corrected chi connectivity index (χ2v) is 5.10. The molecule has 94 valence electrons. The molecule has 2 rings (SSSR count). The molecule has 0 fully saturated rings. The zero-order valence-corrected chi connectivity index (χ0v) is 11.4. The third-order valence-electron chi connectivity index (χ3n) is 2.23. The predicted molar refractivity (Wildman–Crippen MR) is 74.8 cm³/mol. The number of aryl methyl sites for hydroxylation is 1. The van der Waals surface area contributed by atoms with Gasteiger partial charge in [-0.1, -0.05) is 36.4 Å². The zero-order valence-electron chi connectivity index (χ0n) is 9.85. The quantitative estimate of drug-likeness (QED) is 0.512. The summed E-state index contributed by atoms with van der Waals surface area (Å²) < 4.78 is 0. The summed E-state index contributed by atoms with van der Waals surface area (Å²) in [4.78, 5) is 9.71. The van der Waals surface area contributed by atoms with Gasteiger partial charge < -0.3 is 5.43 Å². The van der Waals surface area contributed by atoms with Crippen molar-refractivity contribution < 1.29 is 0 Å². The van der Waals surface area contributed by atoms with E-state index in [-0.39, 0.29) is 0 Å². The number of rotatable bonds is 4. The summed E-state index contributed by atoms with van der Waals surface area (Å²) in [5.74, 6) is 6.77. The Morgan fingerprint density at radius 3 is 2.83 bits per heavy atom. The fourth-order valence-electron chi connectivity index (χ4n) is 1.41. The molecule has 6 heteroatoms. The molecule has 2 aromatic rings. The van der Waals surface area contributed by atoms with E-state index in [1.807, 2.05) is 37.3 Å². The Bertz CT molecular complexity index is 525. The van der Waals surface area contributed by atoms with E-state index >= 15 is 0 Å². The largest absolute Gasteiger partial charge is 0.308 e. The van der Waals surface area contributed by atoms with Crippen LogP contribution in [-0.2, 0) is 6.42 Å². The Kier molecular flexibility index (Phi) is 4.41. The summed E-state index contributed by atoms with van der Waals surface area (Å²) in [6, 6.07) is 9.45. The maximum absolute atomic E-state index is 5.95. The maximum Gasteiger partial charge on any atom is 0.144 e. The normalized spacial score (nSPS) is 10.4. The van der Waals surface area contributed by atoms with Crippen molar-refractivity contribution in [3.63, 3.8) is 0 Å². The molecule has 18 heavy (non-hydrogen) atoms. The van der Waals surface area contributed by atoms with Gasteiger partial charge in [-0.3, -0.25) is 0 Å². The number of nitrogen functional groups attached to an aromatic ring is 1. The van der Waals surface area contributed by atoms with Gasteiger partial charge in [-0.05, 0) is 18.2 Å². The fourth-order valence-corrected chi connectivity index (χ4v) is 2.56. The molecule has 1 aromatic heterocycles. The van der Waals surface area contributed by atoms with Crippen LogP contribution in [-0.4, -0.2) is 9.97 Å². The Balaban J connectivity index is 2.28. The number of hydrogen-bond acceptors (Lipinski definition) is 5. The van der Waals surface area contributed by atoms with Crippen LogP contribution in [0.5, 0.6) is 0 Å². The molecular weight excluding hydrogens is 268 g/mol. The Hall–Kier alpha value is -1.30. The highest BCUT2D eigenvalue weighted by molar-refractivity contribution is 7.99. The van der Waals surface area contributed by atoms with E-state index < -0.39 is 0 Å². The van der Waals surface area contributed by atoms with Gasteiger partial charge in [-0.15, -0.1) is 0 Å². The zero-order chi connectivity index (χ0) is 13.0. The molecule has 0 aliphatic carbocycles. The van der Waals surface area contributed by atoms with Crippen molar-refractivity contribution in [1.29, 1.82) is 0 Å². The van der Waals surface area contributed by atoms with Gasteiger partial charge in [0.2, 0.25) is 0 Å². The van der Waals surface area contributed by atoms with Crippen molar-refractivity contribution >= 4 is 29.2 Å². The molecular formula is C12H13ClN4S. The summed E-state index contributed by atoms with van der Waals surface area (Å²) in [6.07, 6.45) is 0.763. The van der Waals surface area contributed by atoms with E-state index in [2.05, 4.69) is 15.4 Å². The highest BCUT2D eigenvalue weighted by Crippen LogP contribution is 2.29. The van der Waals surface area contributed by atoms with Crippen LogP contribution in [0.1, 0.15) is 12.7 Å². The van der Waals surface area contributed by atoms with Crippen LogP contribution in [0.3, 0.4) is 0 Å². The summed E-state index contributed by atoms with van der Waals surface area (Å²) in [6.45, 7) is 2.00. The number of nitrogens with two attached hydrogens (primary N) is 1. The molecule has 0 amide bonds. The van der Waals surface area contributed by atoms with Crippen molar-refractivity contribution in [2.45, 2.75) is 23.3 Å². The van der Waals surface area contributed by atoms with Crippen LogP contribution in [0.15, 0.2) is 40.3 Å². The Labute approximate surface area is 115 Å². The van der Waals surface area contributed by atoms with Gasteiger partial charge in [0.15, 0.2) is 0 Å². The van der Waals surface area contributed by atoms with E-state index in [0.717, 1.165) is 22.2 Å². The van der Waals surface area contributed by atoms with Gasteiger partial charge >= 0.3 is 0 Å². The van der Waals surface area contributed by atoms with E-state index in [0.29, 0.717) is 10.8 Å². The first-order chi connectivity index (χ1) is 8.71. The molecule has 0 aliphatic heterocycles. The van der Waals surface area contributed by atoms with Crippen LogP contribution in [0, 0.1) is 0 Å². The number of nitrogens with one attached hydrogen (secondary N) is 1. The van der Waals surface area contributed by atoms with E-state index in [9.17, 15) is 0 Å². The van der Waals surface area contributed by atoms with Gasteiger partial charge in [0.1, 0.15) is 16.7 Å². The standard InChI is InChI=1S/C12H13ClN4S/c1-2-10-15-11(17-14)7-12(16-10)18-9-5-3-4-8(13)6-9/h3-7H,2,14H2,1H3,(H,15,16,17). The molecule has 1 aromatic carbocycles. The van der Waals surface area contributed by atoms with E-state index in [4.69, 9.17) is 17.4 Å². The average molecular weight is 281 g/mol. The first-order valence-electron chi connectivity index (χ1n) is 5.49. The average Bonchev–Trinajstić information content (AvgIpc) is 2.38. The highest BCUT2D eigenvalue weighted by atomic mass is 35.5. The van der Waals surface area contributed by atoms with Crippen LogP contribution in [0.2, 0.25) is 5.02 Å². The summed E-state index contributed by atoms with van der Waals surface area (Å²) in [5.41, 5.74) is 2.55. The smallest absolute Gasteiger partial charge is 0.144 e. The third-order valence-corrected chi connectivity index (χ3v) is 3.37. The van der Waals surface area contributed by atoms with Crippen LogP contribution >= 0.6 is 23.4 Å². The van der Waals surface area contributed by atoms with Crippen LogP contribution < -0.4 is 11.3 Å². The van der Waals surface area contributed by atoms with Gasteiger partial charge in [0.05, 0.1) is 0 Å². The maximum atomic E-state index is 5.95. The number of aromatic nitrogens is 2. The number of halogens is 1. The van der Waals surface area contributed by atoms with Crippen LogP contribution in [0.4, 0.5) is 5.82 Å². The lowest BCUT2D eigenvalue weighted by Gasteiger charge is -2.06. The summed E-state index contributed by atoms with van der Waals surface area (Å²) in [5, 5.41) is 1.55. The lowest BCUT2D eigenvalue weighted by Crippen LogP contribution is -2.10. The van der Waals surface area contributed by atoms with E-state index in [1.165, 1.54) is 11.8 Å². The number of hydrazine groups is 1. The minimum atomic E-state index is 0.617. The Morgan fingerprint density at radius 1 is 1.33 bits per heavy atom. The van der Waals surface area contributed by atoms with Gasteiger partial charge in [0, 0.05) is 22.4 Å². The minimum Gasteiger partial charge on any atom is -0.308 e. The van der Waals surface area contributed by atoms with Crippen molar-refractivity contribution in [2.75, 3.05) is 5.43 Å². The number of nitrogens with zero attached hydrogens (tertiary/aromatic N) is 2. The Morgan fingerprint density at radius 2 is 2.17 bits per heavy atom. The minimum absolute atomic E-state index is 0.617. The summed E-state index contributed by atoms with van der Waals surface area (Å²) >= 11 is 7.48. The lowest BCUT2D eigenvalue weighted by atomic mass is 10.4. The third kappa shape index (κ3) is 3.35. The van der Waals surface area contributed by atoms with Crippen molar-refractivity contribution in [3.8, 4) is 0 Å². The fraction of sp³-hybridized carbons (Fsp3) is 0.167. The highest BCUT2D eigenvalue weighted by Gasteiger charge is 2.05. The molecule has 0 spiro atoms. The monoisotopic (exact) mass is 280 g/mol.